The minimum absolute atomic E-state index is 0.0767. The van der Waals surface area contributed by atoms with Gasteiger partial charge in [0.2, 0.25) is 5.91 Å². The summed E-state index contributed by atoms with van der Waals surface area (Å²) in [4.78, 5) is 12.4. The minimum atomic E-state index is -3.46. The van der Waals surface area contributed by atoms with Gasteiger partial charge in [0.25, 0.3) is 0 Å². The van der Waals surface area contributed by atoms with Crippen molar-refractivity contribution in [3.8, 4) is 0 Å². The first-order chi connectivity index (χ1) is 12.6. The molecule has 3 aromatic rings. The van der Waals surface area contributed by atoms with Gasteiger partial charge in [-0.15, -0.1) is 0 Å². The number of carbonyl (C=O) groups is 1. The second-order valence-corrected chi connectivity index (χ2v) is 8.63. The molecule has 1 amide bonds. The number of sulfone groups is 1. The van der Waals surface area contributed by atoms with Crippen LogP contribution in [0.1, 0.15) is 18.0 Å². The van der Waals surface area contributed by atoms with Crippen molar-refractivity contribution in [2.75, 3.05) is 12.3 Å². The second-order valence-electron chi connectivity index (χ2n) is 5.74. The smallest absolute Gasteiger partial charge is 0.221 e. The summed E-state index contributed by atoms with van der Waals surface area (Å²) in [5.41, 5.74) is 1.05. The molecule has 6 nitrogen and oxygen atoms in total. The zero-order valence-electron chi connectivity index (χ0n) is 14.0. The van der Waals surface area contributed by atoms with Crippen LogP contribution >= 0.6 is 11.3 Å². The third kappa shape index (κ3) is 4.59. The van der Waals surface area contributed by atoms with E-state index >= 15 is 0 Å². The first-order valence-corrected chi connectivity index (χ1v) is 10.7. The van der Waals surface area contributed by atoms with E-state index in [1.807, 2.05) is 29.1 Å². The highest BCUT2D eigenvalue weighted by Gasteiger charge is 2.18. The molecule has 1 N–H and O–H groups in total. The molecule has 0 unspecified atom stereocenters. The molecule has 0 saturated carbocycles. The van der Waals surface area contributed by atoms with Crippen LogP contribution in [0.15, 0.2) is 70.5 Å². The molecule has 1 atom stereocenters. The Balaban J connectivity index is 1.58. The van der Waals surface area contributed by atoms with Crippen LogP contribution in [0.5, 0.6) is 0 Å². The number of carbonyl (C=O) groups excluding carboxylic acids is 1. The van der Waals surface area contributed by atoms with E-state index in [-0.39, 0.29) is 29.0 Å². The fourth-order valence-corrected chi connectivity index (χ4v) is 4.53. The third-order valence-electron chi connectivity index (χ3n) is 3.96. The van der Waals surface area contributed by atoms with E-state index in [1.54, 1.807) is 40.4 Å². The van der Waals surface area contributed by atoms with Crippen LogP contribution < -0.4 is 5.32 Å². The van der Waals surface area contributed by atoms with E-state index in [2.05, 4.69) is 10.4 Å². The van der Waals surface area contributed by atoms with E-state index in [0.717, 1.165) is 5.56 Å². The van der Waals surface area contributed by atoms with E-state index in [1.165, 1.54) is 12.1 Å². The molecule has 8 heteroatoms. The Morgan fingerprint density at radius 3 is 2.65 bits per heavy atom. The van der Waals surface area contributed by atoms with Crippen molar-refractivity contribution in [2.45, 2.75) is 17.4 Å². The van der Waals surface area contributed by atoms with Gasteiger partial charge in [-0.05, 0) is 40.6 Å². The van der Waals surface area contributed by atoms with Gasteiger partial charge in [-0.1, -0.05) is 18.2 Å². The summed E-state index contributed by atoms with van der Waals surface area (Å²) in [5.74, 6) is -0.509. The molecular formula is C18H19N3O3S2. The number of thiophene rings is 1. The monoisotopic (exact) mass is 389 g/mol. The van der Waals surface area contributed by atoms with Gasteiger partial charge in [-0.2, -0.15) is 16.4 Å². The number of nitrogens with one attached hydrogen (secondary N) is 1. The summed E-state index contributed by atoms with van der Waals surface area (Å²) in [6.07, 6.45) is 3.45. The Morgan fingerprint density at radius 2 is 2.00 bits per heavy atom. The zero-order chi connectivity index (χ0) is 18.4. The molecule has 0 fully saturated rings. The van der Waals surface area contributed by atoms with Crippen LogP contribution in [0.3, 0.4) is 0 Å². The van der Waals surface area contributed by atoms with Gasteiger partial charge in [0.15, 0.2) is 9.84 Å². The van der Waals surface area contributed by atoms with E-state index in [4.69, 9.17) is 0 Å². The van der Waals surface area contributed by atoms with Gasteiger partial charge in [-0.25, -0.2) is 8.42 Å². The fourth-order valence-electron chi connectivity index (χ4n) is 2.57. The van der Waals surface area contributed by atoms with Crippen LogP contribution in [0.2, 0.25) is 0 Å². The SMILES string of the molecule is O=C(CCS(=O)(=O)c1ccccc1)NC[C@H](c1ccsc1)n1cccn1. The van der Waals surface area contributed by atoms with Crippen LogP contribution in [0, 0.1) is 0 Å². The molecule has 26 heavy (non-hydrogen) atoms. The van der Waals surface area contributed by atoms with Gasteiger partial charge in [0.1, 0.15) is 0 Å². The molecule has 1 aromatic carbocycles. The van der Waals surface area contributed by atoms with Crippen molar-refractivity contribution in [1.82, 2.24) is 15.1 Å². The van der Waals surface area contributed by atoms with Crippen LogP contribution in [-0.2, 0) is 14.6 Å². The number of amides is 1. The zero-order valence-corrected chi connectivity index (χ0v) is 15.6. The largest absolute Gasteiger partial charge is 0.354 e. The third-order valence-corrected chi connectivity index (χ3v) is 6.40. The fraction of sp³-hybridized carbons (Fsp3) is 0.222. The summed E-state index contributed by atoms with van der Waals surface area (Å²) in [5, 5.41) is 11.1. The van der Waals surface area contributed by atoms with Crippen molar-refractivity contribution in [3.63, 3.8) is 0 Å². The first kappa shape index (κ1) is 18.3. The van der Waals surface area contributed by atoms with Crippen molar-refractivity contribution in [1.29, 1.82) is 0 Å². The predicted molar refractivity (Wildman–Crippen MR) is 101 cm³/mol. The Bertz CT molecular complexity index is 887. The van der Waals surface area contributed by atoms with Crippen LogP contribution in [0.4, 0.5) is 0 Å². The van der Waals surface area contributed by atoms with Crippen molar-refractivity contribution in [3.05, 3.63) is 71.2 Å². The van der Waals surface area contributed by atoms with E-state index in [0.29, 0.717) is 6.54 Å². The number of nitrogens with zero attached hydrogens (tertiary/aromatic N) is 2. The van der Waals surface area contributed by atoms with Crippen molar-refractivity contribution >= 4 is 27.1 Å². The molecule has 2 heterocycles. The maximum atomic E-state index is 12.3. The Kier molecular flexibility index (Phi) is 5.85. The number of rotatable bonds is 8. The van der Waals surface area contributed by atoms with Gasteiger partial charge < -0.3 is 5.32 Å². The molecule has 2 aromatic heterocycles. The molecule has 0 bridgehead atoms. The number of hydrogen-bond acceptors (Lipinski definition) is 5. The van der Waals surface area contributed by atoms with Crippen LogP contribution in [-0.4, -0.2) is 36.4 Å². The van der Waals surface area contributed by atoms with Crippen molar-refractivity contribution < 1.29 is 13.2 Å². The van der Waals surface area contributed by atoms with Crippen LogP contribution in [0.25, 0.3) is 0 Å². The highest BCUT2D eigenvalue weighted by atomic mass is 32.2. The predicted octanol–water partition coefficient (Wildman–Crippen LogP) is 2.51. The van der Waals surface area contributed by atoms with E-state index in [9.17, 15) is 13.2 Å². The first-order valence-electron chi connectivity index (χ1n) is 8.12. The van der Waals surface area contributed by atoms with Gasteiger partial charge in [-0.3, -0.25) is 9.48 Å². The Morgan fingerprint density at radius 1 is 1.19 bits per heavy atom. The molecule has 3 rings (SSSR count). The molecule has 0 aliphatic rings. The lowest BCUT2D eigenvalue weighted by Gasteiger charge is -2.17. The lowest BCUT2D eigenvalue weighted by molar-refractivity contribution is -0.120. The number of aromatic nitrogens is 2. The van der Waals surface area contributed by atoms with E-state index < -0.39 is 9.84 Å². The molecule has 0 spiro atoms. The maximum Gasteiger partial charge on any atom is 0.221 e. The van der Waals surface area contributed by atoms with Gasteiger partial charge >= 0.3 is 0 Å². The quantitative estimate of drug-likeness (QED) is 0.642. The molecular weight excluding hydrogens is 370 g/mol. The summed E-state index contributed by atoms with van der Waals surface area (Å²) >= 11 is 1.58. The lowest BCUT2D eigenvalue weighted by Crippen LogP contribution is -2.32. The average molecular weight is 390 g/mol. The Labute approximate surface area is 156 Å². The lowest BCUT2D eigenvalue weighted by atomic mass is 10.1. The van der Waals surface area contributed by atoms with Crippen molar-refractivity contribution in [2.24, 2.45) is 0 Å². The summed E-state index contributed by atoms with van der Waals surface area (Å²) < 4.78 is 26.3. The molecule has 0 aliphatic heterocycles. The summed E-state index contributed by atoms with van der Waals surface area (Å²) in [7, 11) is -3.46. The number of benzene rings is 1. The summed E-state index contributed by atoms with van der Waals surface area (Å²) in [6.45, 7) is 0.350. The Hall–Kier alpha value is -2.45. The topological polar surface area (TPSA) is 81.1 Å². The molecule has 0 saturated heterocycles. The highest BCUT2D eigenvalue weighted by molar-refractivity contribution is 7.91. The normalized spacial score (nSPS) is 12.6. The highest BCUT2D eigenvalue weighted by Crippen LogP contribution is 2.19. The van der Waals surface area contributed by atoms with Gasteiger partial charge in [0, 0.05) is 25.4 Å². The summed E-state index contributed by atoms with van der Waals surface area (Å²) in [6, 6.07) is 11.9. The second kappa shape index (κ2) is 8.29. The maximum absolute atomic E-state index is 12.3. The average Bonchev–Trinajstić information content (AvgIpc) is 3.36. The van der Waals surface area contributed by atoms with Gasteiger partial charge in [0.05, 0.1) is 16.7 Å². The molecule has 0 radical (unpaired) electrons. The minimum Gasteiger partial charge on any atom is -0.354 e. The molecule has 0 aliphatic carbocycles. The standard InChI is InChI=1S/C18H19N3O3S2/c22-18(8-12-26(23,24)16-5-2-1-3-6-16)19-13-17(15-7-11-25-14-15)21-10-4-9-20-21/h1-7,9-11,14,17H,8,12-13H2,(H,19,22)/t17-/m1/s1. The molecule has 136 valence electrons. The number of hydrogen-bond donors (Lipinski definition) is 1.